The zero-order valence-electron chi connectivity index (χ0n) is 11.5. The molecule has 6 heteroatoms. The molecule has 0 aliphatic heterocycles. The summed E-state index contributed by atoms with van der Waals surface area (Å²) in [6.07, 6.45) is 1.49. The maximum atomic E-state index is 13.5. The van der Waals surface area contributed by atoms with E-state index in [1.165, 1.54) is 18.3 Å². The average molecular weight is 291 g/mol. The lowest BCUT2D eigenvalue weighted by Crippen LogP contribution is -2.23. The topological polar surface area (TPSA) is 54.0 Å². The van der Waals surface area contributed by atoms with Gasteiger partial charge in [0, 0.05) is 36.6 Å². The van der Waals surface area contributed by atoms with Crippen molar-refractivity contribution in [3.05, 3.63) is 59.4 Å². The van der Waals surface area contributed by atoms with Crippen LogP contribution in [0.1, 0.15) is 23.0 Å². The van der Waals surface area contributed by atoms with E-state index in [-0.39, 0.29) is 18.1 Å². The number of hydrogen-bond donors (Lipinski definition) is 2. The highest BCUT2D eigenvalue weighted by atomic mass is 19.1. The number of hydrogen-bond acceptors (Lipinski definition) is 3. The Bertz CT molecular complexity index is 647. The first-order chi connectivity index (χ1) is 10.1. The molecule has 21 heavy (non-hydrogen) atoms. The molecule has 1 aromatic carbocycles. The van der Waals surface area contributed by atoms with Crippen LogP contribution in [0.4, 0.5) is 14.5 Å². The summed E-state index contributed by atoms with van der Waals surface area (Å²) in [5.74, 6) is -1.49. The van der Waals surface area contributed by atoms with Crippen molar-refractivity contribution in [1.29, 1.82) is 0 Å². The summed E-state index contributed by atoms with van der Waals surface area (Å²) in [7, 11) is 0. The van der Waals surface area contributed by atoms with Crippen molar-refractivity contribution in [1.82, 2.24) is 10.3 Å². The van der Waals surface area contributed by atoms with Gasteiger partial charge in [0.2, 0.25) is 0 Å². The van der Waals surface area contributed by atoms with Gasteiger partial charge in [0.05, 0.1) is 0 Å². The van der Waals surface area contributed by atoms with Gasteiger partial charge >= 0.3 is 0 Å². The van der Waals surface area contributed by atoms with Crippen LogP contribution in [0.2, 0.25) is 0 Å². The van der Waals surface area contributed by atoms with Crippen LogP contribution in [0.25, 0.3) is 0 Å². The van der Waals surface area contributed by atoms with Crippen LogP contribution >= 0.6 is 0 Å². The van der Waals surface area contributed by atoms with E-state index in [4.69, 9.17) is 0 Å². The Labute approximate surface area is 121 Å². The van der Waals surface area contributed by atoms with Crippen LogP contribution in [0.15, 0.2) is 36.5 Å². The lowest BCUT2D eigenvalue weighted by molar-refractivity contribution is 0.0951. The van der Waals surface area contributed by atoms with Gasteiger partial charge in [0.1, 0.15) is 17.3 Å². The van der Waals surface area contributed by atoms with Crippen molar-refractivity contribution in [2.45, 2.75) is 13.5 Å². The Morgan fingerprint density at radius 1 is 1.24 bits per heavy atom. The van der Waals surface area contributed by atoms with Crippen molar-refractivity contribution < 1.29 is 13.6 Å². The van der Waals surface area contributed by atoms with Gasteiger partial charge in [-0.1, -0.05) is 6.07 Å². The zero-order chi connectivity index (χ0) is 15.2. The molecule has 0 fully saturated rings. The minimum atomic E-state index is -0.612. The molecule has 0 radical (unpaired) electrons. The highest BCUT2D eigenvalue weighted by molar-refractivity contribution is 5.93. The number of aromatic nitrogens is 1. The summed E-state index contributed by atoms with van der Waals surface area (Å²) >= 11 is 0. The Balaban J connectivity index is 2.06. The fourth-order valence-corrected chi connectivity index (χ4v) is 1.78. The maximum absolute atomic E-state index is 13.5. The molecule has 4 nitrogen and oxygen atoms in total. The summed E-state index contributed by atoms with van der Waals surface area (Å²) in [6, 6.07) is 6.66. The highest BCUT2D eigenvalue weighted by Crippen LogP contribution is 2.13. The van der Waals surface area contributed by atoms with Crippen molar-refractivity contribution in [2.24, 2.45) is 0 Å². The number of nitrogens with zero attached hydrogens (tertiary/aromatic N) is 1. The highest BCUT2D eigenvalue weighted by Gasteiger charge is 2.07. The summed E-state index contributed by atoms with van der Waals surface area (Å²) in [5, 5.41) is 5.62. The molecule has 2 rings (SSSR count). The second kappa shape index (κ2) is 6.78. The van der Waals surface area contributed by atoms with E-state index in [1.807, 2.05) is 6.92 Å². The van der Waals surface area contributed by atoms with Crippen LogP contribution in [-0.4, -0.2) is 17.4 Å². The first-order valence-electron chi connectivity index (χ1n) is 6.52. The van der Waals surface area contributed by atoms with Crippen LogP contribution in [0.3, 0.4) is 0 Å². The minimum absolute atomic E-state index is 0.185. The Hall–Kier alpha value is -2.50. The average Bonchev–Trinajstić information content (AvgIpc) is 2.47. The SMILES string of the molecule is CCNC(=O)c1cc(NCc2ccc(F)cc2F)ccn1. The first kappa shape index (κ1) is 14.9. The van der Waals surface area contributed by atoms with Gasteiger partial charge in [-0.05, 0) is 25.1 Å². The summed E-state index contributed by atoms with van der Waals surface area (Å²) in [6.45, 7) is 2.52. The van der Waals surface area contributed by atoms with Crippen LogP contribution in [0, 0.1) is 11.6 Å². The Kier molecular flexibility index (Phi) is 4.81. The number of amides is 1. The molecular formula is C15H15F2N3O. The molecule has 1 amide bonds. The van der Waals surface area contributed by atoms with E-state index in [1.54, 1.807) is 12.1 Å². The number of rotatable bonds is 5. The molecule has 1 heterocycles. The molecule has 2 aromatic rings. The molecule has 0 aliphatic rings. The van der Waals surface area contributed by atoms with Gasteiger partial charge < -0.3 is 10.6 Å². The van der Waals surface area contributed by atoms with E-state index in [2.05, 4.69) is 15.6 Å². The van der Waals surface area contributed by atoms with E-state index >= 15 is 0 Å². The molecule has 2 N–H and O–H groups in total. The van der Waals surface area contributed by atoms with Crippen LogP contribution in [-0.2, 0) is 6.54 Å². The third-order valence-corrected chi connectivity index (χ3v) is 2.83. The molecule has 0 unspecified atom stereocenters. The molecule has 110 valence electrons. The van der Waals surface area contributed by atoms with Gasteiger partial charge in [0.15, 0.2) is 0 Å². The van der Waals surface area contributed by atoms with Gasteiger partial charge in [-0.25, -0.2) is 8.78 Å². The van der Waals surface area contributed by atoms with Crippen LogP contribution in [0.5, 0.6) is 0 Å². The second-order valence-corrected chi connectivity index (χ2v) is 4.38. The van der Waals surface area contributed by atoms with Crippen molar-refractivity contribution in [3.63, 3.8) is 0 Å². The molecule has 1 aromatic heterocycles. The molecule has 0 saturated carbocycles. The lowest BCUT2D eigenvalue weighted by Gasteiger charge is -2.09. The molecule has 0 spiro atoms. The third-order valence-electron chi connectivity index (χ3n) is 2.83. The molecule has 0 aliphatic carbocycles. The number of anilines is 1. The largest absolute Gasteiger partial charge is 0.381 e. The van der Waals surface area contributed by atoms with Crippen molar-refractivity contribution >= 4 is 11.6 Å². The van der Waals surface area contributed by atoms with Gasteiger partial charge in [0.25, 0.3) is 5.91 Å². The standard InChI is InChI=1S/C15H15F2N3O/c1-2-18-15(21)14-8-12(5-6-19-14)20-9-10-3-4-11(16)7-13(10)17/h3-8H,2,9H2,1H3,(H,18,21)(H,19,20). The normalized spacial score (nSPS) is 10.2. The number of benzene rings is 1. The van der Waals surface area contributed by atoms with Gasteiger partial charge in [-0.2, -0.15) is 0 Å². The summed E-state index contributed by atoms with van der Waals surface area (Å²) < 4.78 is 26.3. The number of halogens is 2. The molecule has 0 atom stereocenters. The summed E-state index contributed by atoms with van der Waals surface area (Å²) in [5.41, 5.74) is 1.25. The Morgan fingerprint density at radius 3 is 2.76 bits per heavy atom. The van der Waals surface area contributed by atoms with Crippen molar-refractivity contribution in [2.75, 3.05) is 11.9 Å². The van der Waals surface area contributed by atoms with E-state index in [9.17, 15) is 13.6 Å². The smallest absolute Gasteiger partial charge is 0.269 e. The Morgan fingerprint density at radius 2 is 2.05 bits per heavy atom. The fourth-order valence-electron chi connectivity index (χ4n) is 1.78. The third kappa shape index (κ3) is 3.98. The quantitative estimate of drug-likeness (QED) is 0.890. The van der Waals surface area contributed by atoms with Gasteiger partial charge in [-0.3, -0.25) is 9.78 Å². The second-order valence-electron chi connectivity index (χ2n) is 4.38. The monoisotopic (exact) mass is 291 g/mol. The summed E-state index contributed by atoms with van der Waals surface area (Å²) in [4.78, 5) is 15.6. The lowest BCUT2D eigenvalue weighted by atomic mass is 10.2. The van der Waals surface area contributed by atoms with E-state index in [0.29, 0.717) is 17.8 Å². The molecular weight excluding hydrogens is 276 g/mol. The maximum Gasteiger partial charge on any atom is 0.269 e. The predicted molar refractivity (Wildman–Crippen MR) is 75.9 cm³/mol. The minimum Gasteiger partial charge on any atom is -0.381 e. The fraction of sp³-hybridized carbons (Fsp3) is 0.200. The molecule has 0 saturated heterocycles. The molecule has 0 bridgehead atoms. The number of carbonyl (C=O) groups excluding carboxylic acids is 1. The number of nitrogens with one attached hydrogen (secondary N) is 2. The van der Waals surface area contributed by atoms with Gasteiger partial charge in [-0.15, -0.1) is 0 Å². The number of carbonyl (C=O) groups is 1. The van der Waals surface area contributed by atoms with Crippen molar-refractivity contribution in [3.8, 4) is 0 Å². The predicted octanol–water partition coefficient (Wildman–Crippen LogP) is 2.72. The first-order valence-corrected chi connectivity index (χ1v) is 6.52. The van der Waals surface area contributed by atoms with E-state index in [0.717, 1.165) is 6.07 Å². The van der Waals surface area contributed by atoms with E-state index < -0.39 is 11.6 Å². The van der Waals surface area contributed by atoms with Crippen LogP contribution < -0.4 is 10.6 Å². The number of pyridine rings is 1. The zero-order valence-corrected chi connectivity index (χ0v) is 11.5.